The number of rotatable bonds is 8. The zero-order valence-electron chi connectivity index (χ0n) is 19.0. The van der Waals surface area contributed by atoms with E-state index in [4.69, 9.17) is 4.74 Å². The van der Waals surface area contributed by atoms with Gasteiger partial charge in [-0.3, -0.25) is 14.7 Å². The fourth-order valence-electron chi connectivity index (χ4n) is 4.45. The van der Waals surface area contributed by atoms with E-state index < -0.39 is 0 Å². The molecule has 1 N–H and O–H groups in total. The Morgan fingerprint density at radius 2 is 1.67 bits per heavy atom. The van der Waals surface area contributed by atoms with E-state index in [1.54, 1.807) is 0 Å². The molecule has 3 fully saturated rings. The number of halogens is 1. The molecule has 1 aliphatic carbocycles. The summed E-state index contributed by atoms with van der Waals surface area (Å²) in [7, 11) is 1.87. The molecule has 0 bridgehead atoms. The highest BCUT2D eigenvalue weighted by molar-refractivity contribution is 14.0. The molecule has 2 saturated heterocycles. The largest absolute Gasteiger partial charge is 0.382 e. The molecule has 0 aromatic rings. The molecular formula is C22H42IN5O2. The number of ether oxygens (including phenoxy) is 1. The van der Waals surface area contributed by atoms with Gasteiger partial charge in [-0.25, -0.2) is 0 Å². The van der Waals surface area contributed by atoms with Crippen molar-refractivity contribution in [1.82, 2.24) is 20.0 Å². The monoisotopic (exact) mass is 535 g/mol. The minimum atomic E-state index is 0. The minimum absolute atomic E-state index is 0. The molecule has 0 aromatic heterocycles. The van der Waals surface area contributed by atoms with Crippen molar-refractivity contribution < 1.29 is 9.53 Å². The summed E-state index contributed by atoms with van der Waals surface area (Å²) in [6, 6.07) is 0. The number of nitrogens with zero attached hydrogens (tertiary/aromatic N) is 4. The zero-order chi connectivity index (χ0) is 20.5. The summed E-state index contributed by atoms with van der Waals surface area (Å²) in [6.07, 6.45) is 8.56. The molecule has 0 radical (unpaired) electrons. The molecule has 2 heterocycles. The Balaban J connectivity index is 0.00000320. The lowest BCUT2D eigenvalue weighted by Gasteiger charge is -2.37. The SMILES string of the molecule is CCOCCC1(CNC(=NC)N2CCN(CC(=O)N3CCCCCC3)CC2)CC1.I. The fraction of sp³-hybridized carbons (Fsp3) is 0.909. The van der Waals surface area contributed by atoms with Crippen molar-refractivity contribution in [3.8, 4) is 0 Å². The van der Waals surface area contributed by atoms with Crippen LogP contribution in [0, 0.1) is 5.41 Å². The molecule has 3 rings (SSSR count). The molecule has 8 heteroatoms. The molecule has 0 spiro atoms. The molecule has 30 heavy (non-hydrogen) atoms. The van der Waals surface area contributed by atoms with Gasteiger partial charge >= 0.3 is 0 Å². The number of aliphatic imine (C=N–C) groups is 1. The van der Waals surface area contributed by atoms with Crippen LogP contribution < -0.4 is 5.32 Å². The zero-order valence-corrected chi connectivity index (χ0v) is 21.4. The van der Waals surface area contributed by atoms with E-state index in [1.807, 2.05) is 7.05 Å². The smallest absolute Gasteiger partial charge is 0.236 e. The third-order valence-electron chi connectivity index (χ3n) is 6.76. The second-order valence-electron chi connectivity index (χ2n) is 8.91. The predicted molar refractivity (Wildman–Crippen MR) is 133 cm³/mol. The molecule has 1 saturated carbocycles. The lowest BCUT2D eigenvalue weighted by Crippen LogP contribution is -2.54. The number of hydrogen-bond acceptors (Lipinski definition) is 4. The van der Waals surface area contributed by atoms with Crippen LogP contribution in [0.15, 0.2) is 4.99 Å². The van der Waals surface area contributed by atoms with Crippen LogP contribution in [0.1, 0.15) is 51.9 Å². The van der Waals surface area contributed by atoms with Gasteiger partial charge in [0.05, 0.1) is 6.54 Å². The van der Waals surface area contributed by atoms with Gasteiger partial charge in [0, 0.05) is 66.1 Å². The second-order valence-corrected chi connectivity index (χ2v) is 8.91. The van der Waals surface area contributed by atoms with Gasteiger partial charge < -0.3 is 19.9 Å². The van der Waals surface area contributed by atoms with Gasteiger partial charge in [-0.2, -0.15) is 0 Å². The van der Waals surface area contributed by atoms with Gasteiger partial charge in [0.15, 0.2) is 5.96 Å². The molecular weight excluding hydrogens is 493 g/mol. The Labute approximate surface area is 200 Å². The van der Waals surface area contributed by atoms with Gasteiger partial charge in [-0.15, -0.1) is 24.0 Å². The number of likely N-dealkylation sites (tertiary alicyclic amines) is 1. The van der Waals surface area contributed by atoms with E-state index in [1.165, 1.54) is 25.7 Å². The van der Waals surface area contributed by atoms with Crippen LogP contribution in [0.4, 0.5) is 0 Å². The Bertz CT molecular complexity index is 540. The van der Waals surface area contributed by atoms with E-state index in [9.17, 15) is 4.79 Å². The number of carbonyl (C=O) groups is 1. The summed E-state index contributed by atoms with van der Waals surface area (Å²) >= 11 is 0. The van der Waals surface area contributed by atoms with Crippen molar-refractivity contribution >= 4 is 35.8 Å². The lowest BCUT2D eigenvalue weighted by atomic mass is 10.0. The third-order valence-corrected chi connectivity index (χ3v) is 6.76. The average molecular weight is 536 g/mol. The number of carbonyl (C=O) groups excluding carboxylic acids is 1. The first-order valence-electron chi connectivity index (χ1n) is 11.7. The Morgan fingerprint density at radius 3 is 2.23 bits per heavy atom. The van der Waals surface area contributed by atoms with Crippen molar-refractivity contribution in [3.05, 3.63) is 0 Å². The molecule has 1 amide bonds. The molecule has 3 aliphatic rings. The number of nitrogens with one attached hydrogen (secondary N) is 1. The molecule has 174 valence electrons. The van der Waals surface area contributed by atoms with Crippen LogP contribution in [0.2, 0.25) is 0 Å². The van der Waals surface area contributed by atoms with Crippen LogP contribution in [-0.2, 0) is 9.53 Å². The normalized spacial score (nSPS) is 22.3. The Morgan fingerprint density at radius 1 is 1.00 bits per heavy atom. The Hall–Kier alpha value is -0.610. The van der Waals surface area contributed by atoms with Crippen molar-refractivity contribution in [2.45, 2.75) is 51.9 Å². The maximum absolute atomic E-state index is 12.6. The first-order chi connectivity index (χ1) is 14.2. The van der Waals surface area contributed by atoms with Crippen LogP contribution in [0.25, 0.3) is 0 Å². The van der Waals surface area contributed by atoms with E-state index >= 15 is 0 Å². The highest BCUT2D eigenvalue weighted by Gasteiger charge is 2.42. The summed E-state index contributed by atoms with van der Waals surface area (Å²) in [6.45, 7) is 10.9. The van der Waals surface area contributed by atoms with Gasteiger partial charge in [0.25, 0.3) is 0 Å². The average Bonchev–Trinajstić information content (AvgIpc) is 3.54. The van der Waals surface area contributed by atoms with E-state index in [0.717, 1.165) is 84.2 Å². The highest BCUT2D eigenvalue weighted by Crippen LogP contribution is 2.48. The van der Waals surface area contributed by atoms with Gasteiger partial charge in [0.1, 0.15) is 0 Å². The first kappa shape index (κ1) is 25.6. The number of amides is 1. The summed E-state index contributed by atoms with van der Waals surface area (Å²) in [5, 5.41) is 3.61. The quantitative estimate of drug-likeness (QED) is 0.224. The number of guanidine groups is 1. The Kier molecular flexibility index (Phi) is 11.2. The maximum atomic E-state index is 12.6. The summed E-state index contributed by atoms with van der Waals surface area (Å²) in [4.78, 5) is 23.9. The van der Waals surface area contributed by atoms with Crippen molar-refractivity contribution in [2.24, 2.45) is 10.4 Å². The van der Waals surface area contributed by atoms with Gasteiger partial charge in [-0.05, 0) is 44.4 Å². The first-order valence-corrected chi connectivity index (χ1v) is 11.7. The van der Waals surface area contributed by atoms with Crippen molar-refractivity contribution in [3.63, 3.8) is 0 Å². The lowest BCUT2D eigenvalue weighted by molar-refractivity contribution is -0.132. The van der Waals surface area contributed by atoms with Crippen LogP contribution in [0.3, 0.4) is 0 Å². The molecule has 0 unspecified atom stereocenters. The van der Waals surface area contributed by atoms with Gasteiger partial charge in [-0.1, -0.05) is 12.8 Å². The van der Waals surface area contributed by atoms with E-state index in [-0.39, 0.29) is 24.0 Å². The van der Waals surface area contributed by atoms with Crippen LogP contribution in [-0.4, -0.2) is 99.2 Å². The topological polar surface area (TPSA) is 60.4 Å². The fourth-order valence-corrected chi connectivity index (χ4v) is 4.45. The summed E-state index contributed by atoms with van der Waals surface area (Å²) in [5.74, 6) is 1.32. The summed E-state index contributed by atoms with van der Waals surface area (Å²) in [5.41, 5.74) is 0.409. The van der Waals surface area contributed by atoms with Crippen molar-refractivity contribution in [2.75, 3.05) is 72.6 Å². The second kappa shape index (κ2) is 13.1. The van der Waals surface area contributed by atoms with E-state index in [0.29, 0.717) is 17.9 Å². The van der Waals surface area contributed by atoms with E-state index in [2.05, 4.69) is 31.9 Å². The number of hydrogen-bond donors (Lipinski definition) is 1. The minimum Gasteiger partial charge on any atom is -0.382 e. The third kappa shape index (κ3) is 7.82. The van der Waals surface area contributed by atoms with Crippen LogP contribution in [0.5, 0.6) is 0 Å². The molecule has 0 atom stereocenters. The van der Waals surface area contributed by atoms with Crippen molar-refractivity contribution in [1.29, 1.82) is 0 Å². The van der Waals surface area contributed by atoms with Gasteiger partial charge in [0.2, 0.25) is 5.91 Å². The predicted octanol–water partition coefficient (Wildman–Crippen LogP) is 2.41. The number of piperazine rings is 1. The van der Waals surface area contributed by atoms with Crippen LogP contribution >= 0.6 is 24.0 Å². The molecule has 2 aliphatic heterocycles. The highest BCUT2D eigenvalue weighted by atomic mass is 127. The molecule has 7 nitrogen and oxygen atoms in total. The maximum Gasteiger partial charge on any atom is 0.236 e. The molecule has 0 aromatic carbocycles. The standard InChI is InChI=1S/C22H41N5O2.HI/c1-3-29-17-10-22(8-9-22)19-24-21(23-2)27-15-13-25(14-16-27)18-20(28)26-11-6-4-5-7-12-26;/h3-19H2,1-2H3,(H,23,24);1H. The summed E-state index contributed by atoms with van der Waals surface area (Å²) < 4.78 is 5.55.